The molecule has 0 aromatic heterocycles. The molecule has 1 heterocycles. The lowest BCUT2D eigenvalue weighted by atomic mass is 10.1. The number of rotatable bonds is 74. The summed E-state index contributed by atoms with van der Waals surface area (Å²) >= 11 is 0. The van der Waals surface area contributed by atoms with Crippen LogP contribution in [0, 0.1) is 0 Å². The van der Waals surface area contributed by atoms with E-state index in [4.69, 9.17) is 4.74 Å². The highest BCUT2D eigenvalue weighted by atomic mass is 33.1. The van der Waals surface area contributed by atoms with Crippen LogP contribution < -0.4 is 0 Å². The van der Waals surface area contributed by atoms with Crippen molar-refractivity contribution in [3.8, 4) is 0 Å². The molecule has 1 fully saturated rings. The molecule has 0 spiro atoms. The molecule has 0 aliphatic carbocycles. The summed E-state index contributed by atoms with van der Waals surface area (Å²) in [6.45, 7) is 19.2. The number of aliphatic hydroxyl groups excluding tert-OH is 4. The molecule has 12 heteroatoms. The minimum absolute atomic E-state index is 0.131. The van der Waals surface area contributed by atoms with Crippen molar-refractivity contribution in [1.82, 2.24) is 19.6 Å². The lowest BCUT2D eigenvalue weighted by Crippen LogP contribution is -2.47. The molecule has 1 rings (SSSR count). The molecule has 100 heavy (non-hydrogen) atoms. The van der Waals surface area contributed by atoms with Crippen molar-refractivity contribution in [2.24, 2.45) is 0 Å². The number of piperazine rings is 1. The van der Waals surface area contributed by atoms with E-state index in [1.807, 2.05) is 21.6 Å². The van der Waals surface area contributed by atoms with Crippen molar-refractivity contribution in [3.63, 3.8) is 0 Å². The zero-order valence-corrected chi connectivity index (χ0v) is 66.9. The third-order valence-electron chi connectivity index (χ3n) is 18.7. The summed E-state index contributed by atoms with van der Waals surface area (Å²) in [6.07, 6.45) is 91.5. The van der Waals surface area contributed by atoms with Crippen LogP contribution in [-0.4, -0.2) is 167 Å². The van der Waals surface area contributed by atoms with E-state index in [-0.39, 0.29) is 18.2 Å². The molecule has 578 valence electrons. The van der Waals surface area contributed by atoms with Gasteiger partial charge in [-0.3, -0.25) is 24.4 Å². The van der Waals surface area contributed by atoms with Gasteiger partial charge in [0.2, 0.25) is 0 Å². The third kappa shape index (κ3) is 69.6. The van der Waals surface area contributed by atoms with Crippen LogP contribution in [0.4, 0.5) is 0 Å². The van der Waals surface area contributed by atoms with Gasteiger partial charge in [0.15, 0.2) is 0 Å². The maximum atomic E-state index is 12.9. The topological polar surface area (TPSA) is 120 Å². The van der Waals surface area contributed by atoms with Crippen LogP contribution in [0.25, 0.3) is 0 Å². The number of ether oxygens (including phenoxy) is 1. The van der Waals surface area contributed by atoms with E-state index in [0.29, 0.717) is 39.2 Å². The summed E-state index contributed by atoms with van der Waals surface area (Å²) in [4.78, 5) is 22.5. The Labute approximate surface area is 626 Å². The van der Waals surface area contributed by atoms with Gasteiger partial charge in [-0.1, -0.05) is 274 Å². The van der Waals surface area contributed by atoms with Gasteiger partial charge in [0.25, 0.3) is 0 Å². The quantitative estimate of drug-likeness (QED) is 0.0201. The van der Waals surface area contributed by atoms with Crippen LogP contribution in [-0.2, 0) is 9.53 Å². The Morgan fingerprint density at radius 1 is 0.350 bits per heavy atom. The number of aliphatic hydroxyl groups is 4. The third-order valence-corrected chi connectivity index (χ3v) is 21.2. The minimum Gasteiger partial charge on any atom is -0.464 e. The van der Waals surface area contributed by atoms with Crippen molar-refractivity contribution >= 4 is 27.6 Å². The zero-order chi connectivity index (χ0) is 72.2. The highest BCUT2D eigenvalue weighted by molar-refractivity contribution is 8.76. The van der Waals surface area contributed by atoms with Gasteiger partial charge in [0.1, 0.15) is 6.61 Å². The molecule has 10 nitrogen and oxygen atoms in total. The lowest BCUT2D eigenvalue weighted by molar-refractivity contribution is -0.144. The molecule has 0 saturated carbocycles. The van der Waals surface area contributed by atoms with E-state index in [9.17, 15) is 25.2 Å². The van der Waals surface area contributed by atoms with Crippen molar-refractivity contribution in [2.75, 3.05) is 96.6 Å². The van der Waals surface area contributed by atoms with Crippen molar-refractivity contribution in [3.05, 3.63) is 122 Å². The van der Waals surface area contributed by atoms with Crippen LogP contribution in [0.15, 0.2) is 122 Å². The highest BCUT2D eigenvalue weighted by Crippen LogP contribution is 2.23. The van der Waals surface area contributed by atoms with Gasteiger partial charge in [-0.2, -0.15) is 0 Å². The fourth-order valence-electron chi connectivity index (χ4n) is 12.6. The first-order valence-electron chi connectivity index (χ1n) is 41.7. The average Bonchev–Trinajstić information content (AvgIpc) is 1.19. The van der Waals surface area contributed by atoms with E-state index in [0.717, 1.165) is 237 Å². The Balaban J connectivity index is 2.48. The number of hydrogen-bond acceptors (Lipinski definition) is 12. The molecule has 4 N–H and O–H groups in total. The van der Waals surface area contributed by atoms with Gasteiger partial charge < -0.3 is 25.2 Å². The Morgan fingerprint density at radius 3 is 1.00 bits per heavy atom. The van der Waals surface area contributed by atoms with Crippen molar-refractivity contribution in [1.29, 1.82) is 0 Å². The molecular formula is C88H158N4O6S2. The molecule has 0 aromatic carbocycles. The summed E-state index contributed by atoms with van der Waals surface area (Å²) < 4.78 is 5.76. The molecule has 4 unspecified atom stereocenters. The van der Waals surface area contributed by atoms with Crippen LogP contribution >= 0.6 is 21.6 Å². The maximum absolute atomic E-state index is 12.9. The maximum Gasteiger partial charge on any atom is 0.305 e. The second-order valence-electron chi connectivity index (χ2n) is 28.4. The monoisotopic (exact) mass is 1430 g/mol. The van der Waals surface area contributed by atoms with E-state index in [1.165, 1.54) is 103 Å². The minimum atomic E-state index is -0.424. The van der Waals surface area contributed by atoms with E-state index in [2.05, 4.69) is 169 Å². The van der Waals surface area contributed by atoms with Gasteiger partial charge in [0.05, 0.1) is 24.4 Å². The highest BCUT2D eigenvalue weighted by Gasteiger charge is 2.20. The molecule has 0 aromatic rings. The Hall–Kier alpha value is -2.75. The van der Waals surface area contributed by atoms with Crippen LogP contribution in [0.2, 0.25) is 0 Å². The molecule has 0 amide bonds. The second kappa shape index (κ2) is 77.4. The van der Waals surface area contributed by atoms with Gasteiger partial charge in [-0.05, 0) is 186 Å². The molecule has 1 saturated heterocycles. The molecule has 4 atom stereocenters. The summed E-state index contributed by atoms with van der Waals surface area (Å²) in [5.41, 5.74) is 0. The van der Waals surface area contributed by atoms with Crippen LogP contribution in [0.1, 0.15) is 310 Å². The largest absolute Gasteiger partial charge is 0.464 e. The van der Waals surface area contributed by atoms with Crippen molar-refractivity contribution in [2.45, 2.75) is 335 Å². The lowest BCUT2D eigenvalue weighted by Gasteiger charge is -2.34. The van der Waals surface area contributed by atoms with E-state index >= 15 is 0 Å². The smallest absolute Gasteiger partial charge is 0.305 e. The summed E-state index contributed by atoms with van der Waals surface area (Å²) in [5, 5.41) is 44.8. The fourth-order valence-corrected chi connectivity index (χ4v) is 14.7. The predicted octanol–water partition coefficient (Wildman–Crippen LogP) is 22.4. The van der Waals surface area contributed by atoms with E-state index in [1.54, 1.807) is 0 Å². The first-order chi connectivity index (χ1) is 49.2. The average molecular weight is 1430 g/mol. The first-order valence-corrected chi connectivity index (χ1v) is 44.2. The number of hydrogen-bond donors (Lipinski definition) is 4. The summed E-state index contributed by atoms with van der Waals surface area (Å²) in [7, 11) is 3.93. The number of allylic oxidation sites excluding steroid dienone is 20. The molecule has 0 radical (unpaired) electrons. The van der Waals surface area contributed by atoms with Gasteiger partial charge >= 0.3 is 5.97 Å². The zero-order valence-electron chi connectivity index (χ0n) is 65.3. The number of carbonyl (C=O) groups excluding carboxylic acids is 1. The number of nitrogens with zero attached hydrogens (tertiary/aromatic N) is 4. The van der Waals surface area contributed by atoms with E-state index < -0.39 is 12.2 Å². The fraction of sp³-hybridized carbons (Fsp3) is 0.761. The SMILES string of the molecule is CC/C=C\C/C=C\C/C=C\CCCCCCC(O)CN(CCCCC(=O)OCCN1CCN(CCSSCCCN(CC(O)CCCCCC/C=C\C/C=C\CCCCC)CC(O)CCCCCC/C=C\C/C=C\CCCCC)CC1)CC(O)CCCCCC/C=C\C/C=C\C/C=C\CC. The number of esters is 1. The van der Waals surface area contributed by atoms with Gasteiger partial charge in [0, 0.05) is 83.4 Å². The summed E-state index contributed by atoms with van der Waals surface area (Å²) in [6, 6.07) is 0. The molecule has 0 bridgehead atoms. The Kier molecular flexibility index (Phi) is 73.7. The summed E-state index contributed by atoms with van der Waals surface area (Å²) in [5.74, 6) is 2.02. The standard InChI is InChI=1S/C88H158N4O6S2/c1-5-9-13-17-21-25-29-33-37-41-45-49-53-57-64-84(93)80-91(81-85(94)65-58-54-50-46-42-38-34-30-26-22-18-14-10-6-2)69-62-61-68-88(97)98-77-75-89-71-73-90(74-72-89)76-79-100-99-78-63-70-92(82-86(95)66-59-55-51-47-43-39-35-31-27-23-19-15-11-7-3)83-87(96)67-60-56-52-48-44-40-36-32-28-24-20-16-12-8-4/h9-10,13-14,21-28,33-40,84-87,93-96H,5-8,11-12,15-20,29-32,41-83H2,1-4H3/b13-9-,14-10-,25-21-,26-22-,27-23-,28-24-,37-33-,38-34-,39-35-,40-36-. The van der Waals surface area contributed by atoms with Gasteiger partial charge in [-0.15, -0.1) is 0 Å². The van der Waals surface area contributed by atoms with Crippen molar-refractivity contribution < 1.29 is 30.0 Å². The second-order valence-corrected chi connectivity index (χ2v) is 31.1. The number of carbonyl (C=O) groups is 1. The van der Waals surface area contributed by atoms with Crippen LogP contribution in [0.5, 0.6) is 0 Å². The Bertz CT molecular complexity index is 1940. The first kappa shape index (κ1) is 95.3. The normalized spacial score (nSPS) is 15.3. The van der Waals surface area contributed by atoms with Crippen LogP contribution in [0.3, 0.4) is 0 Å². The molecular weight excluding hydrogens is 1270 g/mol. The number of unbranched alkanes of at least 4 members (excludes halogenated alkanes) is 23. The molecule has 1 aliphatic heterocycles. The predicted molar refractivity (Wildman–Crippen MR) is 443 cm³/mol. The molecule has 1 aliphatic rings. The Morgan fingerprint density at radius 2 is 0.650 bits per heavy atom. The van der Waals surface area contributed by atoms with Gasteiger partial charge in [-0.25, -0.2) is 0 Å².